The van der Waals surface area contributed by atoms with Gasteiger partial charge in [0.1, 0.15) is 0 Å². The Balaban J connectivity index is 2.69. The van der Waals surface area contributed by atoms with E-state index in [4.69, 9.17) is 21.3 Å². The van der Waals surface area contributed by atoms with Crippen LogP contribution in [0.1, 0.15) is 5.56 Å². The first-order chi connectivity index (χ1) is 6.61. The monoisotopic (exact) mass is 207 g/mol. The van der Waals surface area contributed by atoms with E-state index in [1.54, 1.807) is 24.3 Å². The zero-order valence-electron chi connectivity index (χ0n) is 7.28. The van der Waals surface area contributed by atoms with Gasteiger partial charge in [0.15, 0.2) is 4.99 Å². The topological polar surface area (TPSA) is 83.0 Å². The third kappa shape index (κ3) is 2.63. The highest BCUT2D eigenvalue weighted by molar-refractivity contribution is 7.81. The first kappa shape index (κ1) is 10.3. The molecular weight excluding hydrogens is 198 g/mol. The molecule has 1 aromatic carbocycles. The van der Waals surface area contributed by atoms with Gasteiger partial charge in [-0.2, -0.15) is 0 Å². The van der Waals surface area contributed by atoms with E-state index in [0.717, 1.165) is 0 Å². The molecule has 0 unspecified atom stereocenters. The molecule has 0 saturated carbocycles. The Hall–Kier alpha value is -1.75. The number of thiocarbonyl (C=S) groups is 1. The van der Waals surface area contributed by atoms with Crippen molar-refractivity contribution in [3.8, 4) is 0 Å². The van der Waals surface area contributed by atoms with Gasteiger partial charge in [-0.15, -0.1) is 0 Å². The summed E-state index contributed by atoms with van der Waals surface area (Å²) >= 11 is 4.52. The van der Waals surface area contributed by atoms with Crippen LogP contribution in [0.3, 0.4) is 0 Å². The molecule has 0 radical (unpaired) electrons. The predicted octanol–water partition coefficient (Wildman–Crippen LogP) is 1.29. The molecule has 5 heteroatoms. The maximum Gasteiger partial charge on any atom is 0.248 e. The molecule has 0 bridgehead atoms. The summed E-state index contributed by atoms with van der Waals surface area (Å²) in [6, 6.07) is 8.79. The predicted molar refractivity (Wildman–Crippen MR) is 58.9 cm³/mol. The zero-order valence-corrected chi connectivity index (χ0v) is 8.10. The molecule has 0 spiro atoms. The minimum atomic E-state index is -0.367. The summed E-state index contributed by atoms with van der Waals surface area (Å²) in [6.45, 7) is 0. The molecular formula is C9H9N3OS. The van der Waals surface area contributed by atoms with Crippen molar-refractivity contribution >= 4 is 29.0 Å². The summed E-state index contributed by atoms with van der Waals surface area (Å²) in [5.74, 6) is -0.503. The van der Waals surface area contributed by atoms with Crippen LogP contribution in [0.5, 0.6) is 0 Å². The third-order valence-electron chi connectivity index (χ3n) is 1.46. The Kier molecular flexibility index (Phi) is 3.30. The van der Waals surface area contributed by atoms with Crippen molar-refractivity contribution in [2.45, 2.75) is 0 Å². The molecule has 72 valence electrons. The molecule has 0 heterocycles. The quantitative estimate of drug-likeness (QED) is 0.368. The smallest absolute Gasteiger partial charge is 0.248 e. The Morgan fingerprint density at radius 3 is 2.29 bits per heavy atom. The molecule has 0 fully saturated rings. The summed E-state index contributed by atoms with van der Waals surface area (Å²) < 4.78 is 4.80. The van der Waals surface area contributed by atoms with E-state index < -0.39 is 0 Å². The van der Waals surface area contributed by atoms with Gasteiger partial charge in [0.25, 0.3) is 0 Å². The molecule has 0 aliphatic rings. The third-order valence-corrected chi connectivity index (χ3v) is 1.65. The standard InChI is InChI=1S/C9H9N3OS/c10-7(13-8(11)9(12)14)6-4-2-1-3-5-6/h1-5,10-11H,(H2,12,14). The maximum absolute atomic E-state index is 7.48. The van der Waals surface area contributed by atoms with Crippen molar-refractivity contribution in [1.29, 1.82) is 10.8 Å². The van der Waals surface area contributed by atoms with Crippen molar-refractivity contribution in [2.24, 2.45) is 5.73 Å². The average Bonchev–Trinajstić information content (AvgIpc) is 2.19. The molecule has 1 rings (SSSR count). The van der Waals surface area contributed by atoms with Gasteiger partial charge in [-0.25, -0.2) is 0 Å². The summed E-state index contributed by atoms with van der Waals surface area (Å²) in [7, 11) is 0. The number of nitrogens with two attached hydrogens (primary N) is 1. The van der Waals surface area contributed by atoms with Crippen molar-refractivity contribution in [3.05, 3.63) is 35.9 Å². The van der Waals surface area contributed by atoms with Crippen LogP contribution in [-0.4, -0.2) is 16.8 Å². The lowest BCUT2D eigenvalue weighted by molar-refractivity contribution is 0.547. The maximum atomic E-state index is 7.48. The van der Waals surface area contributed by atoms with Crippen LogP contribution < -0.4 is 5.73 Å². The lowest BCUT2D eigenvalue weighted by atomic mass is 10.2. The first-order valence-corrected chi connectivity index (χ1v) is 4.22. The summed E-state index contributed by atoms with van der Waals surface area (Å²) in [6.07, 6.45) is 0. The Bertz CT molecular complexity index is 375. The Morgan fingerprint density at radius 1 is 1.21 bits per heavy atom. The molecule has 4 N–H and O–H groups in total. The average molecular weight is 207 g/mol. The van der Waals surface area contributed by atoms with E-state index in [1.807, 2.05) is 6.07 Å². The Labute approximate surface area is 86.7 Å². The summed E-state index contributed by atoms with van der Waals surface area (Å²) in [5, 5.41) is 14.7. The summed E-state index contributed by atoms with van der Waals surface area (Å²) in [4.78, 5) is -0.161. The lowest BCUT2D eigenvalue weighted by Gasteiger charge is -2.05. The van der Waals surface area contributed by atoms with E-state index in [9.17, 15) is 0 Å². The number of rotatable bonds is 1. The molecule has 4 nitrogen and oxygen atoms in total. The number of hydrogen-bond acceptors (Lipinski definition) is 4. The SMILES string of the molecule is N=C(OC(=N)c1ccccc1)C(N)=S. The minimum Gasteiger partial charge on any atom is -0.418 e. The molecule has 0 amide bonds. The van der Waals surface area contributed by atoms with E-state index in [0.29, 0.717) is 5.56 Å². The number of nitrogens with one attached hydrogen (secondary N) is 2. The van der Waals surface area contributed by atoms with Gasteiger partial charge in [0.05, 0.1) is 0 Å². The van der Waals surface area contributed by atoms with Crippen LogP contribution >= 0.6 is 12.2 Å². The van der Waals surface area contributed by atoms with Crippen molar-refractivity contribution in [1.82, 2.24) is 0 Å². The number of hydrogen-bond donors (Lipinski definition) is 3. The van der Waals surface area contributed by atoms with Gasteiger partial charge in [-0.1, -0.05) is 30.4 Å². The molecule has 0 atom stereocenters. The lowest BCUT2D eigenvalue weighted by Crippen LogP contribution is -2.25. The van der Waals surface area contributed by atoms with Crippen molar-refractivity contribution in [3.63, 3.8) is 0 Å². The van der Waals surface area contributed by atoms with Crippen LogP contribution in [-0.2, 0) is 4.74 Å². The fraction of sp³-hybridized carbons (Fsp3) is 0. The molecule has 0 aliphatic heterocycles. The second-order valence-corrected chi connectivity index (χ2v) is 2.93. The highest BCUT2D eigenvalue weighted by atomic mass is 32.1. The van der Waals surface area contributed by atoms with Gasteiger partial charge in [-0.05, 0) is 12.1 Å². The van der Waals surface area contributed by atoms with Gasteiger partial charge >= 0.3 is 0 Å². The normalized spacial score (nSPS) is 9.14. The van der Waals surface area contributed by atoms with Gasteiger partial charge in [0, 0.05) is 5.56 Å². The number of benzene rings is 1. The molecule has 0 aromatic heterocycles. The largest absolute Gasteiger partial charge is 0.418 e. The molecule has 14 heavy (non-hydrogen) atoms. The van der Waals surface area contributed by atoms with Crippen LogP contribution in [0.25, 0.3) is 0 Å². The van der Waals surface area contributed by atoms with Crippen LogP contribution in [0.2, 0.25) is 0 Å². The fourth-order valence-electron chi connectivity index (χ4n) is 0.801. The van der Waals surface area contributed by atoms with Crippen molar-refractivity contribution < 1.29 is 4.74 Å². The van der Waals surface area contributed by atoms with Gasteiger partial charge in [-0.3, -0.25) is 10.8 Å². The second kappa shape index (κ2) is 4.48. The number of ether oxygens (including phenoxy) is 1. The van der Waals surface area contributed by atoms with Crippen LogP contribution in [0.4, 0.5) is 0 Å². The summed E-state index contributed by atoms with van der Waals surface area (Å²) in [5.41, 5.74) is 5.72. The minimum absolute atomic E-state index is 0.136. The fourth-order valence-corrected chi connectivity index (χ4v) is 0.842. The van der Waals surface area contributed by atoms with Crippen LogP contribution in [0, 0.1) is 10.8 Å². The highest BCUT2D eigenvalue weighted by Gasteiger charge is 2.07. The van der Waals surface area contributed by atoms with E-state index in [1.165, 1.54) is 0 Å². The van der Waals surface area contributed by atoms with E-state index >= 15 is 0 Å². The first-order valence-electron chi connectivity index (χ1n) is 3.81. The van der Waals surface area contributed by atoms with E-state index in [2.05, 4.69) is 12.2 Å². The van der Waals surface area contributed by atoms with Gasteiger partial charge in [0.2, 0.25) is 11.8 Å². The highest BCUT2D eigenvalue weighted by Crippen LogP contribution is 2.01. The molecule has 0 aliphatic carbocycles. The molecule has 0 saturated heterocycles. The van der Waals surface area contributed by atoms with Crippen molar-refractivity contribution in [2.75, 3.05) is 0 Å². The van der Waals surface area contributed by atoms with E-state index in [-0.39, 0.29) is 16.8 Å². The molecule has 1 aromatic rings. The van der Waals surface area contributed by atoms with Gasteiger partial charge < -0.3 is 10.5 Å². The van der Waals surface area contributed by atoms with Crippen LogP contribution in [0.15, 0.2) is 30.3 Å². The Morgan fingerprint density at radius 2 is 1.79 bits per heavy atom. The zero-order chi connectivity index (χ0) is 10.6. The second-order valence-electron chi connectivity index (χ2n) is 2.49.